The average molecular weight is 228 g/mol. The van der Waals surface area contributed by atoms with Crippen LogP contribution in [0.15, 0.2) is 36.5 Å². The minimum atomic E-state index is 0.356. The van der Waals surface area contributed by atoms with E-state index >= 15 is 0 Å². The molecular weight excluding hydrogens is 212 g/mol. The zero-order chi connectivity index (χ0) is 11.5. The molecule has 3 heteroatoms. The Morgan fingerprint density at radius 1 is 1.29 bits per heavy atom. The van der Waals surface area contributed by atoms with Crippen LogP contribution in [0.3, 0.4) is 0 Å². The summed E-state index contributed by atoms with van der Waals surface area (Å²) in [5.41, 5.74) is 2.23. The molecular formula is C14H16N2O. The number of rotatable bonds is 3. The number of para-hydroxylation sites is 1. The van der Waals surface area contributed by atoms with E-state index < -0.39 is 0 Å². The summed E-state index contributed by atoms with van der Waals surface area (Å²) in [6, 6.07) is 10.3. The van der Waals surface area contributed by atoms with Gasteiger partial charge in [0.15, 0.2) is 0 Å². The second-order valence-electron chi connectivity index (χ2n) is 4.42. The molecule has 0 aliphatic carbocycles. The summed E-state index contributed by atoms with van der Waals surface area (Å²) >= 11 is 0. The maximum Gasteiger partial charge on any atom is 0.0757 e. The van der Waals surface area contributed by atoms with Crippen molar-refractivity contribution < 1.29 is 4.74 Å². The van der Waals surface area contributed by atoms with E-state index in [1.165, 1.54) is 10.9 Å². The third-order valence-corrected chi connectivity index (χ3v) is 3.21. The summed E-state index contributed by atoms with van der Waals surface area (Å²) < 4.78 is 5.89. The van der Waals surface area contributed by atoms with Crippen molar-refractivity contribution in [3.63, 3.8) is 0 Å². The van der Waals surface area contributed by atoms with Gasteiger partial charge in [0.05, 0.1) is 18.2 Å². The van der Waals surface area contributed by atoms with Gasteiger partial charge in [0.2, 0.25) is 0 Å². The molecule has 1 aliphatic rings. The lowest BCUT2D eigenvalue weighted by Gasteiger charge is -2.11. The largest absolute Gasteiger partial charge is 0.372 e. The lowest BCUT2D eigenvalue weighted by atomic mass is 10.1. The maximum absolute atomic E-state index is 5.89. The molecule has 0 radical (unpaired) electrons. The Morgan fingerprint density at radius 3 is 3.12 bits per heavy atom. The Labute approximate surface area is 101 Å². The molecule has 1 saturated heterocycles. The fraction of sp³-hybridized carbons (Fsp3) is 0.357. The number of aromatic nitrogens is 1. The lowest BCUT2D eigenvalue weighted by molar-refractivity contribution is 0.0548. The number of nitrogens with zero attached hydrogens (tertiary/aromatic N) is 1. The first-order chi connectivity index (χ1) is 8.43. The zero-order valence-corrected chi connectivity index (χ0v) is 9.73. The molecule has 1 aliphatic heterocycles. The van der Waals surface area contributed by atoms with Crippen LogP contribution in [0, 0.1) is 0 Å². The minimum Gasteiger partial charge on any atom is -0.372 e. The summed E-state index contributed by atoms with van der Waals surface area (Å²) in [6.45, 7) is 2.69. The predicted molar refractivity (Wildman–Crippen MR) is 67.8 cm³/mol. The SMILES string of the molecule is c1cnc2c(COC3CCNC3)cccc2c1. The van der Waals surface area contributed by atoms with E-state index in [0.29, 0.717) is 12.7 Å². The summed E-state index contributed by atoms with van der Waals surface area (Å²) in [4.78, 5) is 4.43. The summed E-state index contributed by atoms with van der Waals surface area (Å²) in [7, 11) is 0. The van der Waals surface area contributed by atoms with Crippen molar-refractivity contribution in [1.29, 1.82) is 0 Å². The van der Waals surface area contributed by atoms with Gasteiger partial charge >= 0.3 is 0 Å². The van der Waals surface area contributed by atoms with E-state index in [2.05, 4.69) is 34.6 Å². The van der Waals surface area contributed by atoms with Crippen molar-refractivity contribution in [2.24, 2.45) is 0 Å². The minimum absolute atomic E-state index is 0.356. The fourth-order valence-corrected chi connectivity index (χ4v) is 2.26. The van der Waals surface area contributed by atoms with E-state index in [1.807, 2.05) is 12.3 Å². The molecule has 2 heterocycles. The van der Waals surface area contributed by atoms with E-state index in [9.17, 15) is 0 Å². The molecule has 1 unspecified atom stereocenters. The molecule has 3 nitrogen and oxygen atoms in total. The predicted octanol–water partition coefficient (Wildman–Crippen LogP) is 2.11. The molecule has 88 valence electrons. The number of hydrogen-bond acceptors (Lipinski definition) is 3. The summed E-state index contributed by atoms with van der Waals surface area (Å²) in [5.74, 6) is 0. The van der Waals surface area contributed by atoms with Crippen molar-refractivity contribution in [3.8, 4) is 0 Å². The van der Waals surface area contributed by atoms with Gasteiger partial charge < -0.3 is 10.1 Å². The second-order valence-corrected chi connectivity index (χ2v) is 4.42. The normalized spacial score (nSPS) is 19.9. The van der Waals surface area contributed by atoms with Crippen molar-refractivity contribution in [2.45, 2.75) is 19.1 Å². The van der Waals surface area contributed by atoms with Crippen LogP contribution < -0.4 is 5.32 Å². The van der Waals surface area contributed by atoms with Crippen LogP contribution in [0.5, 0.6) is 0 Å². The molecule has 1 aromatic carbocycles. The lowest BCUT2D eigenvalue weighted by Crippen LogP contribution is -2.16. The average Bonchev–Trinajstić information content (AvgIpc) is 2.89. The van der Waals surface area contributed by atoms with Gasteiger partial charge in [0, 0.05) is 23.7 Å². The Hall–Kier alpha value is -1.45. The number of benzene rings is 1. The van der Waals surface area contributed by atoms with Gasteiger partial charge in [-0.25, -0.2) is 0 Å². The highest BCUT2D eigenvalue weighted by molar-refractivity contribution is 5.81. The van der Waals surface area contributed by atoms with E-state index in [0.717, 1.165) is 25.0 Å². The molecule has 3 rings (SSSR count). The van der Waals surface area contributed by atoms with Gasteiger partial charge in [-0.15, -0.1) is 0 Å². The number of ether oxygens (including phenoxy) is 1. The maximum atomic E-state index is 5.89. The molecule has 0 bridgehead atoms. The highest BCUT2D eigenvalue weighted by Gasteiger charge is 2.15. The first kappa shape index (κ1) is 10.7. The molecule has 1 aromatic heterocycles. The number of fused-ring (bicyclic) bond motifs is 1. The van der Waals surface area contributed by atoms with Gasteiger partial charge in [0.25, 0.3) is 0 Å². The van der Waals surface area contributed by atoms with Gasteiger partial charge in [-0.2, -0.15) is 0 Å². The molecule has 17 heavy (non-hydrogen) atoms. The van der Waals surface area contributed by atoms with Gasteiger partial charge in [-0.1, -0.05) is 24.3 Å². The van der Waals surface area contributed by atoms with Crippen LogP contribution in [0.25, 0.3) is 10.9 Å². The van der Waals surface area contributed by atoms with Crippen LogP contribution in [-0.2, 0) is 11.3 Å². The van der Waals surface area contributed by atoms with E-state index in [-0.39, 0.29) is 0 Å². The van der Waals surface area contributed by atoms with Crippen LogP contribution in [-0.4, -0.2) is 24.2 Å². The first-order valence-corrected chi connectivity index (χ1v) is 6.08. The zero-order valence-electron chi connectivity index (χ0n) is 9.73. The fourth-order valence-electron chi connectivity index (χ4n) is 2.26. The molecule has 1 fully saturated rings. The van der Waals surface area contributed by atoms with Crippen LogP contribution in [0.1, 0.15) is 12.0 Å². The third-order valence-electron chi connectivity index (χ3n) is 3.21. The monoisotopic (exact) mass is 228 g/mol. The summed E-state index contributed by atoms with van der Waals surface area (Å²) in [6.07, 6.45) is 3.30. The number of nitrogens with one attached hydrogen (secondary N) is 1. The Balaban J connectivity index is 1.79. The molecule has 0 spiro atoms. The number of hydrogen-bond donors (Lipinski definition) is 1. The highest BCUT2D eigenvalue weighted by Crippen LogP contribution is 2.17. The topological polar surface area (TPSA) is 34.1 Å². The van der Waals surface area contributed by atoms with Crippen molar-refractivity contribution in [3.05, 3.63) is 42.1 Å². The Bertz CT molecular complexity index is 501. The van der Waals surface area contributed by atoms with Crippen molar-refractivity contribution in [2.75, 3.05) is 13.1 Å². The van der Waals surface area contributed by atoms with Crippen molar-refractivity contribution >= 4 is 10.9 Å². The van der Waals surface area contributed by atoms with Crippen molar-refractivity contribution in [1.82, 2.24) is 10.3 Å². The van der Waals surface area contributed by atoms with Gasteiger partial charge in [-0.05, 0) is 19.0 Å². The second kappa shape index (κ2) is 4.82. The molecule has 0 amide bonds. The Kier molecular flexibility index (Phi) is 3.03. The smallest absolute Gasteiger partial charge is 0.0757 e. The molecule has 1 atom stereocenters. The van der Waals surface area contributed by atoms with Gasteiger partial charge in [-0.3, -0.25) is 4.98 Å². The number of pyridine rings is 1. The molecule has 1 N–H and O–H groups in total. The standard InChI is InChI=1S/C14H16N2O/c1-3-11-5-2-7-16-14(11)12(4-1)10-17-13-6-8-15-9-13/h1-5,7,13,15H,6,8-10H2. The van der Waals surface area contributed by atoms with E-state index in [1.54, 1.807) is 0 Å². The van der Waals surface area contributed by atoms with E-state index in [4.69, 9.17) is 4.74 Å². The van der Waals surface area contributed by atoms with Crippen LogP contribution in [0.4, 0.5) is 0 Å². The summed E-state index contributed by atoms with van der Waals surface area (Å²) in [5, 5.41) is 4.48. The Morgan fingerprint density at radius 2 is 2.24 bits per heavy atom. The van der Waals surface area contributed by atoms with Crippen LogP contribution in [0.2, 0.25) is 0 Å². The molecule has 2 aromatic rings. The highest BCUT2D eigenvalue weighted by atomic mass is 16.5. The van der Waals surface area contributed by atoms with Crippen LogP contribution >= 0.6 is 0 Å². The quantitative estimate of drug-likeness (QED) is 0.873. The first-order valence-electron chi connectivity index (χ1n) is 6.08. The third kappa shape index (κ3) is 2.30. The molecule has 0 saturated carbocycles. The van der Waals surface area contributed by atoms with Gasteiger partial charge in [0.1, 0.15) is 0 Å².